The molecule has 4 rings (SSSR count). The zero-order valence-corrected chi connectivity index (χ0v) is 14.8. The van der Waals surface area contributed by atoms with E-state index in [1.807, 2.05) is 37.3 Å². The van der Waals surface area contributed by atoms with Crippen LogP contribution in [0.25, 0.3) is 22.1 Å². The summed E-state index contributed by atoms with van der Waals surface area (Å²) in [5.41, 5.74) is 4.30. The summed E-state index contributed by atoms with van der Waals surface area (Å²) in [5.74, 6) is 0.866. The van der Waals surface area contributed by atoms with Crippen molar-refractivity contribution in [2.75, 3.05) is 6.73 Å². The quantitative estimate of drug-likeness (QED) is 0.732. The topological polar surface area (TPSA) is 43.9 Å². The van der Waals surface area contributed by atoms with Gasteiger partial charge < -0.3 is 9.15 Å². The van der Waals surface area contributed by atoms with Crippen LogP contribution in [0.5, 0.6) is 5.75 Å². The molecule has 0 amide bonds. The van der Waals surface area contributed by atoms with Crippen LogP contribution in [0.3, 0.4) is 0 Å². The Morgan fingerprint density at radius 2 is 1.88 bits per heavy atom. The second-order valence-electron chi connectivity index (χ2n) is 6.99. The minimum Gasteiger partial charge on any atom is -0.444 e. The number of hydrogen-bond donors (Lipinski definition) is 1. The van der Waals surface area contributed by atoms with Crippen LogP contribution < -0.4 is 15.3 Å². The van der Waals surface area contributed by atoms with E-state index in [9.17, 15) is 4.79 Å². The Bertz CT molecular complexity index is 989. The van der Waals surface area contributed by atoms with E-state index >= 15 is 0 Å². The van der Waals surface area contributed by atoms with Crippen molar-refractivity contribution in [2.24, 2.45) is 0 Å². The molecule has 0 radical (unpaired) electrons. The highest BCUT2D eigenvalue weighted by atomic mass is 16.5. The van der Waals surface area contributed by atoms with Crippen LogP contribution in [0.4, 0.5) is 0 Å². The Morgan fingerprint density at radius 3 is 2.60 bits per heavy atom. The molecule has 0 bridgehead atoms. The number of hydrogen-bond acceptors (Lipinski definition) is 3. The van der Waals surface area contributed by atoms with Crippen LogP contribution in [0.2, 0.25) is 0 Å². The molecule has 25 heavy (non-hydrogen) atoms. The first-order chi connectivity index (χ1) is 12.0. The van der Waals surface area contributed by atoms with E-state index < -0.39 is 0 Å². The number of benzene rings is 2. The number of ether oxygens (including phenoxy) is 1. The van der Waals surface area contributed by atoms with Crippen LogP contribution in [0.15, 0.2) is 51.7 Å². The third-order valence-corrected chi connectivity index (χ3v) is 5.01. The molecule has 3 aromatic rings. The summed E-state index contributed by atoms with van der Waals surface area (Å²) in [6.45, 7) is 7.92. The maximum absolute atomic E-state index is 12.1. The maximum Gasteiger partial charge on any atom is 0.336 e. The first-order valence-corrected chi connectivity index (χ1v) is 8.67. The third-order valence-electron chi connectivity index (χ3n) is 5.01. The number of rotatable bonds is 2. The molecule has 2 heterocycles. The van der Waals surface area contributed by atoms with Crippen molar-refractivity contribution in [3.05, 3.63) is 64.0 Å². The molecule has 1 unspecified atom stereocenters. The second kappa shape index (κ2) is 6.05. The van der Waals surface area contributed by atoms with Crippen LogP contribution in [0, 0.1) is 6.92 Å². The van der Waals surface area contributed by atoms with Crippen molar-refractivity contribution in [2.45, 2.75) is 33.4 Å². The SMILES string of the molecule is Cc1c2c(cc3c(-c4ccccc4)cc(=O)oc13)C[NH+](C(C)C)CO2. The number of quaternary nitrogens is 1. The molecular weight excluding hydrogens is 314 g/mol. The van der Waals surface area contributed by atoms with E-state index in [1.54, 1.807) is 6.07 Å². The molecule has 0 saturated carbocycles. The van der Waals surface area contributed by atoms with Crippen molar-refractivity contribution in [1.82, 2.24) is 0 Å². The molecular formula is C21H22NO3+. The zero-order chi connectivity index (χ0) is 17.6. The fourth-order valence-corrected chi connectivity index (χ4v) is 3.53. The van der Waals surface area contributed by atoms with Crippen molar-refractivity contribution in [1.29, 1.82) is 0 Å². The second-order valence-corrected chi connectivity index (χ2v) is 6.99. The average Bonchev–Trinajstić information content (AvgIpc) is 2.62. The van der Waals surface area contributed by atoms with Crippen molar-refractivity contribution >= 4 is 11.0 Å². The molecule has 4 nitrogen and oxygen atoms in total. The van der Waals surface area contributed by atoms with Crippen LogP contribution in [0.1, 0.15) is 25.0 Å². The van der Waals surface area contributed by atoms with Gasteiger partial charge in [-0.1, -0.05) is 30.3 Å². The van der Waals surface area contributed by atoms with Crippen LogP contribution >= 0.6 is 0 Å². The Balaban J connectivity index is 1.98. The summed E-state index contributed by atoms with van der Waals surface area (Å²) in [4.78, 5) is 13.5. The molecule has 1 N–H and O–H groups in total. The summed E-state index contributed by atoms with van der Waals surface area (Å²) in [6, 6.07) is 14.2. The van der Waals surface area contributed by atoms with Gasteiger partial charge >= 0.3 is 5.63 Å². The summed E-state index contributed by atoms with van der Waals surface area (Å²) in [7, 11) is 0. The maximum atomic E-state index is 12.1. The monoisotopic (exact) mass is 336 g/mol. The molecule has 4 heteroatoms. The lowest BCUT2D eigenvalue weighted by Crippen LogP contribution is -3.15. The van der Waals surface area contributed by atoms with Gasteiger partial charge in [0.2, 0.25) is 6.73 Å². The summed E-state index contributed by atoms with van der Waals surface area (Å²) in [5, 5.41) is 0.968. The molecule has 1 aliphatic heterocycles. The Hall–Kier alpha value is -2.59. The van der Waals surface area contributed by atoms with Gasteiger partial charge in [0.05, 0.1) is 6.04 Å². The van der Waals surface area contributed by atoms with Crippen molar-refractivity contribution < 1.29 is 14.1 Å². The van der Waals surface area contributed by atoms with E-state index in [-0.39, 0.29) is 5.63 Å². The predicted molar refractivity (Wildman–Crippen MR) is 98.0 cm³/mol. The minimum absolute atomic E-state index is 0.334. The number of fused-ring (bicyclic) bond motifs is 2. The standard InChI is InChI=1S/C21H21NO3/c1-13(2)22-11-16-9-18-17(15-7-5-4-6-8-15)10-19(23)25-21(18)14(3)20(16)24-12-22/h4-10,13H,11-12H2,1-3H3/p+1. The van der Waals surface area contributed by atoms with Gasteiger partial charge in [-0.25, -0.2) is 4.79 Å². The minimum atomic E-state index is -0.334. The number of aryl methyl sites for hydroxylation is 1. The molecule has 1 aromatic heterocycles. The summed E-state index contributed by atoms with van der Waals surface area (Å²) < 4.78 is 11.6. The van der Waals surface area contributed by atoms with Gasteiger partial charge in [-0.05, 0) is 38.0 Å². The summed E-state index contributed by atoms with van der Waals surface area (Å²) in [6.07, 6.45) is 0. The highest BCUT2D eigenvalue weighted by Crippen LogP contribution is 2.36. The van der Waals surface area contributed by atoms with Crippen molar-refractivity contribution in [3.8, 4) is 16.9 Å². The highest BCUT2D eigenvalue weighted by molar-refractivity contribution is 5.96. The van der Waals surface area contributed by atoms with Crippen molar-refractivity contribution in [3.63, 3.8) is 0 Å². The number of nitrogens with one attached hydrogen (secondary N) is 1. The summed E-state index contributed by atoms with van der Waals surface area (Å²) >= 11 is 0. The van der Waals surface area contributed by atoms with E-state index in [2.05, 4.69) is 19.9 Å². The van der Waals surface area contributed by atoms with E-state index in [4.69, 9.17) is 9.15 Å². The van der Waals surface area contributed by atoms with Gasteiger partial charge in [-0.15, -0.1) is 0 Å². The molecule has 0 aliphatic carbocycles. The van der Waals surface area contributed by atoms with Crippen LogP contribution in [-0.4, -0.2) is 12.8 Å². The van der Waals surface area contributed by atoms with E-state index in [0.29, 0.717) is 18.4 Å². The molecule has 2 aromatic carbocycles. The lowest BCUT2D eigenvalue weighted by Gasteiger charge is -2.30. The molecule has 1 aliphatic rings. The molecule has 128 valence electrons. The smallest absolute Gasteiger partial charge is 0.336 e. The Labute approximate surface area is 146 Å². The highest BCUT2D eigenvalue weighted by Gasteiger charge is 2.26. The Kier molecular flexibility index (Phi) is 3.85. The lowest BCUT2D eigenvalue weighted by atomic mass is 9.97. The van der Waals surface area contributed by atoms with E-state index in [1.165, 1.54) is 10.5 Å². The van der Waals surface area contributed by atoms with E-state index in [0.717, 1.165) is 34.4 Å². The average molecular weight is 336 g/mol. The Morgan fingerprint density at radius 1 is 1.12 bits per heavy atom. The molecule has 0 saturated heterocycles. The normalized spacial score (nSPS) is 16.7. The molecule has 0 spiro atoms. The van der Waals surface area contributed by atoms with Gasteiger partial charge in [-0.3, -0.25) is 4.90 Å². The van der Waals surface area contributed by atoms with Crippen LogP contribution in [-0.2, 0) is 6.54 Å². The fourth-order valence-electron chi connectivity index (χ4n) is 3.53. The largest absolute Gasteiger partial charge is 0.444 e. The van der Waals surface area contributed by atoms with Gasteiger partial charge in [0, 0.05) is 22.6 Å². The lowest BCUT2D eigenvalue weighted by molar-refractivity contribution is -0.952. The first kappa shape index (κ1) is 15.9. The fraction of sp³-hybridized carbons (Fsp3) is 0.286. The zero-order valence-electron chi connectivity index (χ0n) is 14.8. The predicted octanol–water partition coefficient (Wildman–Crippen LogP) is 2.91. The van der Waals surface area contributed by atoms with Gasteiger partial charge in [0.25, 0.3) is 0 Å². The van der Waals surface area contributed by atoms with Gasteiger partial charge in [0.15, 0.2) is 0 Å². The first-order valence-electron chi connectivity index (χ1n) is 8.67. The van der Waals surface area contributed by atoms with Gasteiger partial charge in [0.1, 0.15) is 17.9 Å². The molecule has 0 fully saturated rings. The van der Waals surface area contributed by atoms with Gasteiger partial charge in [-0.2, -0.15) is 0 Å². The third kappa shape index (κ3) is 2.72. The molecule has 1 atom stereocenters.